The molecule has 4 aromatic rings. The van der Waals surface area contributed by atoms with Crippen molar-refractivity contribution in [3.63, 3.8) is 0 Å². The van der Waals surface area contributed by atoms with E-state index in [-0.39, 0.29) is 24.2 Å². The number of nitrogens with one attached hydrogen (secondary N) is 1. The number of fused-ring (bicyclic) bond motifs is 3. The van der Waals surface area contributed by atoms with Crippen molar-refractivity contribution in [1.82, 2.24) is 24.9 Å². The summed E-state index contributed by atoms with van der Waals surface area (Å²) in [6.45, 7) is 3.82. The maximum atomic E-state index is 13.2. The third-order valence-corrected chi connectivity index (χ3v) is 6.26. The molecule has 0 saturated carbocycles. The lowest BCUT2D eigenvalue weighted by atomic mass is 10.1. The smallest absolute Gasteiger partial charge is 0.220 e. The molecule has 1 fully saturated rings. The summed E-state index contributed by atoms with van der Waals surface area (Å²) in [7, 11) is 0. The van der Waals surface area contributed by atoms with Gasteiger partial charge in [0, 0.05) is 25.9 Å². The third kappa shape index (κ3) is 4.37. The third-order valence-electron chi connectivity index (χ3n) is 6.26. The minimum absolute atomic E-state index is 0.0850. The van der Waals surface area contributed by atoms with Crippen LogP contribution < -0.4 is 10.2 Å². The molecule has 1 aliphatic heterocycles. The van der Waals surface area contributed by atoms with Crippen LogP contribution in [0.1, 0.15) is 50.0 Å². The van der Waals surface area contributed by atoms with E-state index in [4.69, 9.17) is 4.98 Å². The summed E-state index contributed by atoms with van der Waals surface area (Å²) in [6, 6.07) is 14.0. The number of carbonyl (C=O) groups excluding carboxylic acids is 1. The van der Waals surface area contributed by atoms with Crippen molar-refractivity contribution in [1.29, 1.82) is 0 Å². The van der Waals surface area contributed by atoms with E-state index >= 15 is 0 Å². The predicted octanol–water partition coefficient (Wildman–Crippen LogP) is 4.22. The first-order valence-electron chi connectivity index (χ1n) is 11.5. The van der Waals surface area contributed by atoms with Crippen molar-refractivity contribution >= 4 is 28.4 Å². The Morgan fingerprint density at radius 1 is 1.06 bits per heavy atom. The second kappa shape index (κ2) is 9.13. The van der Waals surface area contributed by atoms with Crippen LogP contribution in [-0.4, -0.2) is 38.6 Å². The van der Waals surface area contributed by atoms with Crippen LogP contribution in [0.2, 0.25) is 0 Å². The lowest BCUT2D eigenvalue weighted by Gasteiger charge is -2.28. The summed E-state index contributed by atoms with van der Waals surface area (Å²) in [5, 5.41) is 11.9. The first-order valence-corrected chi connectivity index (χ1v) is 11.5. The highest BCUT2D eigenvalue weighted by Gasteiger charge is 2.21. The van der Waals surface area contributed by atoms with Crippen LogP contribution in [0.3, 0.4) is 0 Å². The normalized spacial score (nSPS) is 15.2. The quantitative estimate of drug-likeness (QED) is 0.480. The maximum Gasteiger partial charge on any atom is 0.220 e. The number of halogens is 1. The SMILES string of the molecule is C[C@H](NC(=O)CCc1nnc2c(N3CCCCC3)nc3ccccc3n12)c1ccc(F)cc1. The van der Waals surface area contributed by atoms with Gasteiger partial charge in [0.15, 0.2) is 5.82 Å². The Labute approximate surface area is 191 Å². The van der Waals surface area contributed by atoms with E-state index in [1.807, 2.05) is 35.6 Å². The van der Waals surface area contributed by atoms with Gasteiger partial charge in [0.1, 0.15) is 11.6 Å². The molecule has 5 rings (SSSR count). The number of nitrogens with zero attached hydrogens (tertiary/aromatic N) is 5. The Bertz CT molecular complexity index is 1280. The van der Waals surface area contributed by atoms with Gasteiger partial charge >= 0.3 is 0 Å². The van der Waals surface area contributed by atoms with Gasteiger partial charge in [-0.1, -0.05) is 24.3 Å². The number of aryl methyl sites for hydroxylation is 1. The van der Waals surface area contributed by atoms with Crippen molar-refractivity contribution < 1.29 is 9.18 Å². The highest BCUT2D eigenvalue weighted by molar-refractivity contribution is 5.83. The van der Waals surface area contributed by atoms with Gasteiger partial charge in [-0.15, -0.1) is 10.2 Å². The number of para-hydroxylation sites is 2. The Morgan fingerprint density at radius 3 is 2.61 bits per heavy atom. The summed E-state index contributed by atoms with van der Waals surface area (Å²) in [6.07, 6.45) is 4.27. The van der Waals surface area contributed by atoms with E-state index in [0.717, 1.165) is 59.8 Å². The van der Waals surface area contributed by atoms with E-state index in [0.29, 0.717) is 6.42 Å². The lowest BCUT2D eigenvalue weighted by molar-refractivity contribution is -0.121. The molecule has 0 radical (unpaired) electrons. The van der Waals surface area contributed by atoms with E-state index in [9.17, 15) is 9.18 Å². The minimum atomic E-state index is -0.290. The summed E-state index contributed by atoms with van der Waals surface area (Å²) in [4.78, 5) is 19.8. The second-order valence-corrected chi connectivity index (χ2v) is 8.59. The van der Waals surface area contributed by atoms with Crippen LogP contribution in [-0.2, 0) is 11.2 Å². The number of aromatic nitrogens is 4. The molecule has 1 aliphatic rings. The first-order chi connectivity index (χ1) is 16.1. The largest absolute Gasteiger partial charge is 0.353 e. The fourth-order valence-electron chi connectivity index (χ4n) is 4.48. The van der Waals surface area contributed by atoms with E-state index < -0.39 is 0 Å². The Hall–Kier alpha value is -3.55. The summed E-state index contributed by atoms with van der Waals surface area (Å²) in [5.74, 6) is 1.23. The molecular weight excluding hydrogens is 419 g/mol. The zero-order valence-corrected chi connectivity index (χ0v) is 18.7. The average molecular weight is 447 g/mol. The summed E-state index contributed by atoms with van der Waals surface area (Å²) in [5.41, 5.74) is 3.43. The van der Waals surface area contributed by atoms with Crippen molar-refractivity contribution in [2.24, 2.45) is 0 Å². The maximum absolute atomic E-state index is 13.2. The molecule has 2 aromatic heterocycles. The second-order valence-electron chi connectivity index (χ2n) is 8.59. The molecule has 7 nitrogen and oxygen atoms in total. The van der Waals surface area contributed by atoms with Crippen LogP contribution in [0.4, 0.5) is 10.2 Å². The highest BCUT2D eigenvalue weighted by atomic mass is 19.1. The number of amides is 1. The van der Waals surface area contributed by atoms with Crippen LogP contribution in [0, 0.1) is 5.82 Å². The average Bonchev–Trinajstić information content (AvgIpc) is 3.27. The fraction of sp³-hybridized carbons (Fsp3) is 0.360. The standard InChI is InChI=1S/C25H27FN6O/c1-17(18-9-11-19(26)12-10-18)27-23(33)14-13-22-29-30-25-24(31-15-5-2-6-16-31)28-20-7-3-4-8-21(20)32(22)25/h3-4,7-12,17H,2,5-6,13-16H2,1H3,(H,27,33)/t17-/m0/s1. The number of hydrogen-bond acceptors (Lipinski definition) is 5. The van der Waals surface area contributed by atoms with Crippen molar-refractivity contribution in [3.8, 4) is 0 Å². The summed E-state index contributed by atoms with van der Waals surface area (Å²) >= 11 is 0. The number of piperidine rings is 1. The highest BCUT2D eigenvalue weighted by Crippen LogP contribution is 2.27. The summed E-state index contributed by atoms with van der Waals surface area (Å²) < 4.78 is 15.2. The van der Waals surface area contributed by atoms with Gasteiger partial charge in [-0.05, 0) is 56.0 Å². The Balaban J connectivity index is 1.38. The number of carbonyl (C=O) groups is 1. The monoisotopic (exact) mass is 446 g/mol. The minimum Gasteiger partial charge on any atom is -0.353 e. The van der Waals surface area contributed by atoms with Crippen molar-refractivity contribution in [2.45, 2.75) is 45.1 Å². The van der Waals surface area contributed by atoms with Gasteiger partial charge in [-0.25, -0.2) is 9.37 Å². The van der Waals surface area contributed by atoms with Gasteiger partial charge in [-0.3, -0.25) is 9.20 Å². The molecule has 170 valence electrons. The van der Waals surface area contributed by atoms with Gasteiger partial charge < -0.3 is 10.2 Å². The fourth-order valence-corrected chi connectivity index (χ4v) is 4.48. The van der Waals surface area contributed by atoms with Gasteiger partial charge in [-0.2, -0.15) is 0 Å². The Morgan fingerprint density at radius 2 is 1.82 bits per heavy atom. The predicted molar refractivity (Wildman–Crippen MR) is 126 cm³/mol. The van der Waals surface area contributed by atoms with Crippen molar-refractivity contribution in [3.05, 3.63) is 65.7 Å². The molecular formula is C25H27FN6O. The van der Waals surface area contributed by atoms with E-state index in [1.165, 1.54) is 18.6 Å². The van der Waals surface area contributed by atoms with E-state index in [2.05, 4.69) is 20.4 Å². The molecule has 1 N–H and O–H groups in total. The molecule has 0 unspecified atom stereocenters. The first kappa shape index (κ1) is 21.3. The number of hydrogen-bond donors (Lipinski definition) is 1. The van der Waals surface area contributed by atoms with Crippen LogP contribution in [0.25, 0.3) is 16.7 Å². The van der Waals surface area contributed by atoms with Crippen LogP contribution >= 0.6 is 0 Å². The van der Waals surface area contributed by atoms with Crippen LogP contribution in [0.5, 0.6) is 0 Å². The lowest BCUT2D eigenvalue weighted by Crippen LogP contribution is -2.30. The molecule has 0 bridgehead atoms. The zero-order valence-electron chi connectivity index (χ0n) is 18.7. The van der Waals surface area contributed by atoms with E-state index in [1.54, 1.807) is 12.1 Å². The number of anilines is 1. The molecule has 3 heterocycles. The van der Waals surface area contributed by atoms with Crippen LogP contribution in [0.15, 0.2) is 48.5 Å². The molecule has 1 atom stereocenters. The molecule has 1 saturated heterocycles. The molecule has 1 amide bonds. The molecule has 0 spiro atoms. The van der Waals surface area contributed by atoms with Crippen molar-refractivity contribution in [2.75, 3.05) is 18.0 Å². The molecule has 33 heavy (non-hydrogen) atoms. The van der Waals surface area contributed by atoms with Gasteiger partial charge in [0.05, 0.1) is 17.1 Å². The van der Waals surface area contributed by atoms with Gasteiger partial charge in [0.2, 0.25) is 11.6 Å². The molecule has 2 aromatic carbocycles. The zero-order chi connectivity index (χ0) is 22.8. The molecule has 8 heteroatoms. The number of rotatable bonds is 6. The molecule has 0 aliphatic carbocycles. The number of benzene rings is 2. The topological polar surface area (TPSA) is 75.4 Å². The van der Waals surface area contributed by atoms with Gasteiger partial charge in [0.25, 0.3) is 0 Å². The Kier molecular flexibility index (Phi) is 5.90.